The maximum absolute atomic E-state index is 6.32. The molecular formula is C124H72N8O. The van der Waals surface area contributed by atoms with E-state index in [4.69, 9.17) is 24.4 Å². The van der Waals surface area contributed by atoms with Crippen LogP contribution in [0.2, 0.25) is 0 Å². The van der Waals surface area contributed by atoms with Crippen LogP contribution in [0.15, 0.2) is 441 Å². The molecule has 30 rings (SSSR count). The third kappa shape index (κ3) is 11.1. The predicted octanol–water partition coefficient (Wildman–Crippen LogP) is 32.8. The van der Waals surface area contributed by atoms with Crippen molar-refractivity contribution >= 4 is 196 Å². The quantitative estimate of drug-likeness (QED) is 0.151. The van der Waals surface area contributed by atoms with Crippen LogP contribution in [0.3, 0.4) is 0 Å². The molecule has 7 heterocycles. The average molecular weight is 1690 g/mol. The number of rotatable bonds is 8. The third-order valence-electron chi connectivity index (χ3n) is 28.2. The highest BCUT2D eigenvalue weighted by atomic mass is 16.3. The SMILES string of the molecule is c1cc(-c2nc(-c3ccc4c(c3)oc3ccccc34)c3ccccc3n2)cc(-n2c3ccccc3c3cc4ccc(-n5c6ccccc6c6cc7ccccc7cc65)cc4cc32)c1.c1ccc2c(c1)-c1cccc3c(-c4nc(-c5cc(-n6c7ccccc7c7cc8ccc(-n9c%10ccccc%10c%10cc%11ccccc%11cc%109)cc8cc76)c6ccccc6c5)nc5ccccc45)ccc-2c13. The second-order valence-corrected chi connectivity index (χ2v) is 35.5. The number of para-hydroxylation sites is 7. The molecule has 22 aromatic carbocycles. The minimum Gasteiger partial charge on any atom is -0.456 e. The van der Waals surface area contributed by atoms with Crippen LogP contribution in [0.4, 0.5) is 0 Å². The van der Waals surface area contributed by atoms with Crippen molar-refractivity contribution in [2.45, 2.75) is 0 Å². The van der Waals surface area contributed by atoms with E-state index in [1.807, 2.05) is 18.2 Å². The number of fused-ring (bicyclic) bond motifs is 25. The van der Waals surface area contributed by atoms with Gasteiger partial charge in [-0.2, -0.15) is 0 Å². The minimum absolute atomic E-state index is 0.671. The van der Waals surface area contributed by atoms with Gasteiger partial charge in [0.05, 0.1) is 72.2 Å². The van der Waals surface area contributed by atoms with Crippen LogP contribution in [-0.2, 0) is 0 Å². The molecule has 1 aliphatic rings. The highest BCUT2D eigenvalue weighted by molar-refractivity contribution is 6.23. The molecule has 0 aliphatic heterocycles. The van der Waals surface area contributed by atoms with E-state index in [1.165, 1.54) is 141 Å². The Morgan fingerprint density at radius 2 is 0.571 bits per heavy atom. The van der Waals surface area contributed by atoms with Crippen molar-refractivity contribution in [3.05, 3.63) is 437 Å². The zero-order chi connectivity index (χ0) is 86.8. The Labute approximate surface area is 760 Å². The van der Waals surface area contributed by atoms with Crippen molar-refractivity contribution in [1.29, 1.82) is 0 Å². The van der Waals surface area contributed by atoms with Crippen LogP contribution in [0.25, 0.3) is 286 Å². The Morgan fingerprint density at radius 1 is 0.173 bits per heavy atom. The number of aromatic nitrogens is 8. The lowest BCUT2D eigenvalue weighted by Crippen LogP contribution is -1.99. The molecule has 614 valence electrons. The molecule has 0 unspecified atom stereocenters. The predicted molar refractivity (Wildman–Crippen MR) is 555 cm³/mol. The maximum Gasteiger partial charge on any atom is 0.160 e. The molecule has 0 saturated carbocycles. The molecule has 9 nitrogen and oxygen atoms in total. The molecule has 29 aromatic rings. The van der Waals surface area contributed by atoms with E-state index in [1.54, 1.807) is 0 Å². The van der Waals surface area contributed by atoms with Gasteiger partial charge in [-0.3, -0.25) is 0 Å². The van der Waals surface area contributed by atoms with Gasteiger partial charge in [0.1, 0.15) is 11.2 Å². The van der Waals surface area contributed by atoms with Crippen molar-refractivity contribution in [3.8, 4) is 90.3 Å². The van der Waals surface area contributed by atoms with Crippen LogP contribution < -0.4 is 0 Å². The van der Waals surface area contributed by atoms with E-state index in [9.17, 15) is 0 Å². The lowest BCUT2D eigenvalue weighted by atomic mass is 9.95. The summed E-state index contributed by atoms with van der Waals surface area (Å²) >= 11 is 0. The van der Waals surface area contributed by atoms with E-state index in [0.717, 1.165) is 133 Å². The Kier molecular flexibility index (Phi) is 15.6. The summed E-state index contributed by atoms with van der Waals surface area (Å²) in [6.45, 7) is 0. The second-order valence-electron chi connectivity index (χ2n) is 35.5. The molecule has 9 heteroatoms. The van der Waals surface area contributed by atoms with Gasteiger partial charge in [-0.15, -0.1) is 0 Å². The number of benzene rings is 22. The van der Waals surface area contributed by atoms with Gasteiger partial charge in [-0.1, -0.05) is 285 Å². The van der Waals surface area contributed by atoms with Crippen LogP contribution in [0.1, 0.15) is 0 Å². The van der Waals surface area contributed by atoms with Gasteiger partial charge in [0.15, 0.2) is 11.6 Å². The smallest absolute Gasteiger partial charge is 0.160 e. The van der Waals surface area contributed by atoms with Crippen molar-refractivity contribution < 1.29 is 4.42 Å². The molecule has 0 radical (unpaired) electrons. The zero-order valence-corrected chi connectivity index (χ0v) is 71.6. The van der Waals surface area contributed by atoms with E-state index in [2.05, 4.69) is 437 Å². The maximum atomic E-state index is 6.32. The molecule has 133 heavy (non-hydrogen) atoms. The molecule has 7 aromatic heterocycles. The van der Waals surface area contributed by atoms with E-state index < -0.39 is 0 Å². The van der Waals surface area contributed by atoms with Gasteiger partial charge in [0.25, 0.3) is 0 Å². The van der Waals surface area contributed by atoms with Gasteiger partial charge < -0.3 is 22.7 Å². The van der Waals surface area contributed by atoms with Gasteiger partial charge in [0.2, 0.25) is 0 Å². The Balaban J connectivity index is 0.000000131. The zero-order valence-electron chi connectivity index (χ0n) is 71.6. The molecule has 0 bridgehead atoms. The van der Waals surface area contributed by atoms with Gasteiger partial charge >= 0.3 is 0 Å². The molecular weight excluding hydrogens is 1620 g/mol. The first-order valence-corrected chi connectivity index (χ1v) is 45.4. The van der Waals surface area contributed by atoms with Crippen molar-refractivity contribution in [3.63, 3.8) is 0 Å². The fourth-order valence-electron chi connectivity index (χ4n) is 22.2. The Morgan fingerprint density at radius 3 is 1.15 bits per heavy atom. The van der Waals surface area contributed by atoms with Crippen LogP contribution >= 0.6 is 0 Å². The molecule has 0 atom stereocenters. The summed E-state index contributed by atoms with van der Waals surface area (Å²) in [5, 5.41) is 28.6. The summed E-state index contributed by atoms with van der Waals surface area (Å²) in [7, 11) is 0. The topological polar surface area (TPSA) is 84.4 Å². The summed E-state index contributed by atoms with van der Waals surface area (Å²) < 4.78 is 16.0. The average Bonchev–Trinajstić information content (AvgIpc) is 1.59. The third-order valence-corrected chi connectivity index (χ3v) is 28.2. The lowest BCUT2D eigenvalue weighted by molar-refractivity contribution is 0.669. The van der Waals surface area contributed by atoms with Gasteiger partial charge in [-0.25, -0.2) is 19.9 Å². The summed E-state index contributed by atoms with van der Waals surface area (Å²) in [4.78, 5) is 21.4. The summed E-state index contributed by atoms with van der Waals surface area (Å²) in [6, 6.07) is 158. The summed E-state index contributed by atoms with van der Waals surface area (Å²) in [5.74, 6) is 1.37. The van der Waals surface area contributed by atoms with Crippen LogP contribution in [-0.4, -0.2) is 38.2 Å². The van der Waals surface area contributed by atoms with E-state index >= 15 is 0 Å². The number of furan rings is 1. The van der Waals surface area contributed by atoms with E-state index in [-0.39, 0.29) is 0 Å². The minimum atomic E-state index is 0.671. The second kappa shape index (κ2) is 28.3. The van der Waals surface area contributed by atoms with E-state index in [0.29, 0.717) is 11.6 Å². The van der Waals surface area contributed by atoms with Gasteiger partial charge in [-0.05, 0) is 233 Å². The lowest BCUT2D eigenvalue weighted by Gasteiger charge is -2.16. The summed E-state index contributed by atoms with van der Waals surface area (Å²) in [6.07, 6.45) is 0. The van der Waals surface area contributed by atoms with Gasteiger partial charge in [0, 0.05) is 109 Å². The fraction of sp³-hybridized carbons (Fsp3) is 0. The molecule has 1 aliphatic carbocycles. The Bertz CT molecular complexity index is 10100. The molecule has 0 saturated heterocycles. The normalized spacial score (nSPS) is 12.2. The monoisotopic (exact) mass is 1690 g/mol. The Hall–Kier alpha value is -17.9. The molecule has 0 spiro atoms. The first-order valence-electron chi connectivity index (χ1n) is 45.4. The first kappa shape index (κ1) is 73.2. The van der Waals surface area contributed by atoms with Crippen molar-refractivity contribution in [2.24, 2.45) is 0 Å². The standard InChI is InChI=1S/C66H38N4.C58H34N4O/c1-2-15-40-36-62-56(34-39(40)14-1)49-20-8-11-26-59(49)69(62)45-29-28-41-35-57-50-21-9-12-27-60(50)70(63(57)37-43(41)33-45)61-38-44(32-42-16-3-4-17-46(42)61)66-67-58-25-10-7-22-55(58)65(68-66)54-31-30-53-48-19-6-5-18-47(48)51-23-13-24-52(54)64(51)53;1-2-13-36-32-53-48(30-35(36)12-1)43-16-5-9-22-52(43)62(53)42-26-24-37-31-49-44-17-4-8-21-51(44)61(54(49)33-40(37)29-42)41-15-11-14-39(28-41)58-59-50-20-7-3-19-47(50)57(60-58)38-25-27-46-45-18-6-10-23-55(45)63-56(46)34-38/h1-38H;1-34H. The van der Waals surface area contributed by atoms with Crippen molar-refractivity contribution in [1.82, 2.24) is 38.2 Å². The number of hydrogen-bond acceptors (Lipinski definition) is 5. The largest absolute Gasteiger partial charge is 0.456 e. The highest BCUT2D eigenvalue weighted by Crippen LogP contribution is 2.52. The first-order chi connectivity index (χ1) is 65.9. The van der Waals surface area contributed by atoms with Crippen LogP contribution in [0, 0.1) is 0 Å². The number of hydrogen-bond donors (Lipinski definition) is 0. The molecule has 0 N–H and O–H groups in total. The van der Waals surface area contributed by atoms with Crippen molar-refractivity contribution in [2.75, 3.05) is 0 Å². The fourth-order valence-corrected chi connectivity index (χ4v) is 22.2. The number of nitrogens with zero attached hydrogens (tertiary/aromatic N) is 8. The molecule has 0 fully saturated rings. The van der Waals surface area contributed by atoms with Crippen LogP contribution in [0.5, 0.6) is 0 Å². The highest BCUT2D eigenvalue weighted by Gasteiger charge is 2.28. The molecule has 0 amide bonds. The summed E-state index contributed by atoms with van der Waals surface area (Å²) in [5.41, 5.74) is 28.3.